The fraction of sp³-hybridized carbons (Fsp3) is 0.625. The van der Waals surface area contributed by atoms with Crippen molar-refractivity contribution in [2.45, 2.75) is 45.6 Å². The molecule has 1 aromatic rings. The van der Waals surface area contributed by atoms with Crippen LogP contribution in [-0.4, -0.2) is 11.7 Å². The summed E-state index contributed by atoms with van der Waals surface area (Å²) in [5.74, 6) is 0.898. The van der Waals surface area contributed by atoms with E-state index < -0.39 is 5.82 Å². The molecular formula is C16H24FNO. The maximum atomic E-state index is 13.2. The fourth-order valence-electron chi connectivity index (χ4n) is 2.96. The zero-order valence-corrected chi connectivity index (χ0v) is 11.7. The smallest absolute Gasteiger partial charge is 0.165 e. The second kappa shape index (κ2) is 6.90. The van der Waals surface area contributed by atoms with Gasteiger partial charge >= 0.3 is 0 Å². The van der Waals surface area contributed by atoms with Crippen LogP contribution in [0.2, 0.25) is 0 Å². The Bertz CT molecular complexity index is 400. The van der Waals surface area contributed by atoms with E-state index in [2.05, 4.69) is 12.2 Å². The Hall–Kier alpha value is -1.09. The molecule has 0 saturated heterocycles. The Morgan fingerprint density at radius 1 is 1.21 bits per heavy atom. The third-order valence-corrected chi connectivity index (χ3v) is 4.36. The largest absolute Gasteiger partial charge is 0.505 e. The Labute approximate surface area is 115 Å². The number of nitrogens with one attached hydrogen (secondary N) is 1. The van der Waals surface area contributed by atoms with Crippen molar-refractivity contribution in [1.29, 1.82) is 0 Å². The molecule has 2 rings (SSSR count). The first-order valence-corrected chi connectivity index (χ1v) is 7.37. The minimum Gasteiger partial charge on any atom is -0.505 e. The molecule has 0 spiro atoms. The number of aromatic hydroxyl groups is 1. The van der Waals surface area contributed by atoms with Gasteiger partial charge in [-0.1, -0.05) is 38.3 Å². The lowest BCUT2D eigenvalue weighted by atomic mass is 9.81. The minimum absolute atomic E-state index is 0.218. The standard InChI is InChI=1S/C16H24FNO/c1-2-12-6-8-13(9-7-12)10-18-11-14-4-3-5-15(17)16(14)19/h3-5,12-13,18-19H,2,6-11H2,1H3. The average Bonchev–Trinajstić information content (AvgIpc) is 2.44. The van der Waals surface area contributed by atoms with Crippen LogP contribution < -0.4 is 5.32 Å². The van der Waals surface area contributed by atoms with E-state index >= 15 is 0 Å². The van der Waals surface area contributed by atoms with Crippen molar-refractivity contribution in [3.05, 3.63) is 29.6 Å². The second-order valence-corrected chi connectivity index (χ2v) is 5.67. The SMILES string of the molecule is CCC1CCC(CNCc2cccc(F)c2O)CC1. The Morgan fingerprint density at radius 3 is 2.58 bits per heavy atom. The Kier molecular flexibility index (Phi) is 5.20. The van der Waals surface area contributed by atoms with Gasteiger partial charge in [-0.05, 0) is 37.3 Å². The van der Waals surface area contributed by atoms with Crippen LogP contribution >= 0.6 is 0 Å². The first-order valence-electron chi connectivity index (χ1n) is 7.37. The number of hydrogen-bond acceptors (Lipinski definition) is 2. The van der Waals surface area contributed by atoms with E-state index in [0.717, 1.165) is 18.4 Å². The van der Waals surface area contributed by atoms with Crippen LogP contribution in [0.4, 0.5) is 4.39 Å². The molecule has 1 aliphatic carbocycles. The number of halogens is 1. The van der Waals surface area contributed by atoms with Gasteiger partial charge in [-0.15, -0.1) is 0 Å². The first kappa shape index (κ1) is 14.3. The predicted molar refractivity (Wildman–Crippen MR) is 75.5 cm³/mol. The molecule has 0 aliphatic heterocycles. The topological polar surface area (TPSA) is 32.3 Å². The van der Waals surface area contributed by atoms with Gasteiger partial charge in [-0.2, -0.15) is 0 Å². The summed E-state index contributed by atoms with van der Waals surface area (Å²) in [6.07, 6.45) is 6.57. The molecule has 0 amide bonds. The van der Waals surface area contributed by atoms with Crippen molar-refractivity contribution in [2.24, 2.45) is 11.8 Å². The van der Waals surface area contributed by atoms with E-state index in [9.17, 15) is 9.50 Å². The highest BCUT2D eigenvalue weighted by Gasteiger charge is 2.19. The Morgan fingerprint density at radius 2 is 1.89 bits per heavy atom. The predicted octanol–water partition coefficient (Wildman–Crippen LogP) is 3.84. The Balaban J connectivity index is 1.74. The van der Waals surface area contributed by atoms with Gasteiger partial charge in [0.25, 0.3) is 0 Å². The zero-order valence-electron chi connectivity index (χ0n) is 11.7. The van der Waals surface area contributed by atoms with E-state index in [0.29, 0.717) is 12.1 Å². The lowest BCUT2D eigenvalue weighted by molar-refractivity contribution is 0.262. The summed E-state index contributed by atoms with van der Waals surface area (Å²) in [5, 5.41) is 12.9. The van der Waals surface area contributed by atoms with Crippen LogP contribution in [-0.2, 0) is 6.54 Å². The van der Waals surface area contributed by atoms with Crippen molar-refractivity contribution < 1.29 is 9.50 Å². The molecule has 0 heterocycles. The minimum atomic E-state index is -0.539. The quantitative estimate of drug-likeness (QED) is 0.848. The van der Waals surface area contributed by atoms with E-state index in [-0.39, 0.29) is 5.75 Å². The van der Waals surface area contributed by atoms with Gasteiger partial charge in [-0.25, -0.2) is 4.39 Å². The van der Waals surface area contributed by atoms with Crippen LogP contribution in [0.1, 0.15) is 44.6 Å². The maximum absolute atomic E-state index is 13.2. The van der Waals surface area contributed by atoms with Gasteiger partial charge in [0.1, 0.15) is 0 Å². The summed E-state index contributed by atoms with van der Waals surface area (Å²) in [4.78, 5) is 0. The van der Waals surface area contributed by atoms with E-state index in [1.807, 2.05) is 0 Å². The third kappa shape index (κ3) is 3.93. The maximum Gasteiger partial charge on any atom is 0.165 e. The first-order chi connectivity index (χ1) is 9.20. The molecule has 0 atom stereocenters. The molecule has 2 N–H and O–H groups in total. The molecule has 106 valence electrons. The lowest BCUT2D eigenvalue weighted by Gasteiger charge is -2.28. The van der Waals surface area contributed by atoms with Crippen LogP contribution in [0.3, 0.4) is 0 Å². The average molecular weight is 265 g/mol. The highest BCUT2D eigenvalue weighted by Crippen LogP contribution is 2.30. The summed E-state index contributed by atoms with van der Waals surface area (Å²) in [7, 11) is 0. The van der Waals surface area contributed by atoms with Crippen molar-refractivity contribution in [1.82, 2.24) is 5.32 Å². The van der Waals surface area contributed by atoms with Gasteiger partial charge in [0.15, 0.2) is 11.6 Å². The van der Waals surface area contributed by atoms with Crippen molar-refractivity contribution in [2.75, 3.05) is 6.54 Å². The normalized spacial score (nSPS) is 23.5. The summed E-state index contributed by atoms with van der Waals surface area (Å²) in [6, 6.07) is 4.68. The van der Waals surface area contributed by atoms with Crippen molar-refractivity contribution >= 4 is 0 Å². The highest BCUT2D eigenvalue weighted by atomic mass is 19.1. The van der Waals surface area contributed by atoms with E-state index in [1.54, 1.807) is 12.1 Å². The molecule has 0 unspecified atom stereocenters. The molecular weight excluding hydrogens is 241 g/mol. The molecule has 0 aromatic heterocycles. The number of hydrogen-bond donors (Lipinski definition) is 2. The summed E-state index contributed by atoms with van der Waals surface area (Å²) >= 11 is 0. The molecule has 3 heteroatoms. The van der Waals surface area contributed by atoms with Gasteiger partial charge in [0.2, 0.25) is 0 Å². The molecule has 1 aromatic carbocycles. The molecule has 0 radical (unpaired) electrons. The van der Waals surface area contributed by atoms with Crippen molar-refractivity contribution in [3.63, 3.8) is 0 Å². The molecule has 0 bridgehead atoms. The van der Waals surface area contributed by atoms with Gasteiger partial charge < -0.3 is 10.4 Å². The van der Waals surface area contributed by atoms with Crippen LogP contribution in [0.15, 0.2) is 18.2 Å². The molecule has 1 aliphatic rings. The van der Waals surface area contributed by atoms with E-state index in [4.69, 9.17) is 0 Å². The number of para-hydroxylation sites is 1. The summed E-state index contributed by atoms with van der Waals surface area (Å²) in [5.41, 5.74) is 0.641. The number of phenolic OH excluding ortho intramolecular Hbond substituents is 1. The lowest BCUT2D eigenvalue weighted by Crippen LogP contribution is -2.26. The van der Waals surface area contributed by atoms with E-state index in [1.165, 1.54) is 38.2 Å². The molecule has 2 nitrogen and oxygen atoms in total. The van der Waals surface area contributed by atoms with Gasteiger partial charge in [-0.3, -0.25) is 0 Å². The fourth-order valence-corrected chi connectivity index (χ4v) is 2.96. The van der Waals surface area contributed by atoms with Gasteiger partial charge in [0, 0.05) is 12.1 Å². The molecule has 19 heavy (non-hydrogen) atoms. The highest BCUT2D eigenvalue weighted by molar-refractivity contribution is 5.33. The van der Waals surface area contributed by atoms with Crippen LogP contribution in [0.25, 0.3) is 0 Å². The number of rotatable bonds is 5. The van der Waals surface area contributed by atoms with Gasteiger partial charge in [0.05, 0.1) is 0 Å². The monoisotopic (exact) mass is 265 g/mol. The van der Waals surface area contributed by atoms with Crippen molar-refractivity contribution in [3.8, 4) is 5.75 Å². The van der Waals surface area contributed by atoms with Crippen LogP contribution in [0.5, 0.6) is 5.75 Å². The zero-order chi connectivity index (χ0) is 13.7. The number of phenols is 1. The molecule has 1 fully saturated rings. The third-order valence-electron chi connectivity index (χ3n) is 4.36. The second-order valence-electron chi connectivity index (χ2n) is 5.67. The summed E-state index contributed by atoms with van der Waals surface area (Å²) in [6.45, 7) is 3.78. The summed E-state index contributed by atoms with van der Waals surface area (Å²) < 4.78 is 13.2. The molecule has 1 saturated carbocycles. The number of benzene rings is 1. The van der Waals surface area contributed by atoms with Crippen LogP contribution in [0, 0.1) is 17.7 Å².